The van der Waals surface area contributed by atoms with Gasteiger partial charge in [0.15, 0.2) is 0 Å². The molecule has 2 N–H and O–H groups in total. The Kier molecular flexibility index (Phi) is 5.81. The van der Waals surface area contributed by atoms with Crippen molar-refractivity contribution in [1.29, 1.82) is 0 Å². The third-order valence-electron chi connectivity index (χ3n) is 3.35. The number of aromatic nitrogens is 1. The lowest BCUT2D eigenvalue weighted by molar-refractivity contribution is 0.237. The van der Waals surface area contributed by atoms with E-state index in [4.69, 9.17) is 9.47 Å². The number of carbonyl (C=O) groups is 1. The van der Waals surface area contributed by atoms with Crippen molar-refractivity contribution in [3.8, 4) is 11.5 Å². The molecule has 0 unspecified atom stereocenters. The molecule has 2 aromatic rings. The van der Waals surface area contributed by atoms with Gasteiger partial charge in [-0.15, -0.1) is 11.3 Å². The SMILES string of the molecule is COc1ccc(OC)c([C@@H](C)NC(=O)NCc2csc(C)n2)c1. The molecule has 0 aliphatic rings. The van der Waals surface area contributed by atoms with E-state index in [1.807, 2.05) is 37.4 Å². The number of thiazole rings is 1. The molecule has 0 spiro atoms. The summed E-state index contributed by atoms with van der Waals surface area (Å²) in [6.45, 7) is 4.23. The highest BCUT2D eigenvalue weighted by Crippen LogP contribution is 2.29. The van der Waals surface area contributed by atoms with Gasteiger partial charge in [0, 0.05) is 10.9 Å². The number of hydrogen-bond donors (Lipinski definition) is 2. The molecular weight excluding hydrogens is 314 g/mol. The predicted octanol–water partition coefficient (Wildman–Crippen LogP) is 3.03. The quantitative estimate of drug-likeness (QED) is 0.851. The van der Waals surface area contributed by atoms with Gasteiger partial charge in [-0.1, -0.05) is 0 Å². The Bertz CT molecular complexity index is 672. The van der Waals surface area contributed by atoms with Gasteiger partial charge >= 0.3 is 6.03 Å². The van der Waals surface area contributed by atoms with E-state index in [1.165, 1.54) is 0 Å². The minimum Gasteiger partial charge on any atom is -0.497 e. The van der Waals surface area contributed by atoms with Crippen molar-refractivity contribution in [3.63, 3.8) is 0 Å². The molecule has 2 rings (SSSR count). The largest absolute Gasteiger partial charge is 0.497 e. The van der Waals surface area contributed by atoms with Crippen LogP contribution in [-0.2, 0) is 6.54 Å². The van der Waals surface area contributed by atoms with Crippen LogP contribution in [0, 0.1) is 6.92 Å². The van der Waals surface area contributed by atoms with Crippen molar-refractivity contribution in [3.05, 3.63) is 39.8 Å². The third kappa shape index (κ3) is 4.59. The molecular formula is C16H21N3O3S. The van der Waals surface area contributed by atoms with Gasteiger partial charge < -0.3 is 20.1 Å². The molecule has 0 radical (unpaired) electrons. The number of nitrogens with zero attached hydrogens (tertiary/aromatic N) is 1. The smallest absolute Gasteiger partial charge is 0.315 e. The standard InChI is InChI=1S/C16H21N3O3S/c1-10(14-7-13(21-3)5-6-15(14)22-4)18-16(20)17-8-12-9-23-11(2)19-12/h5-7,9-10H,8H2,1-4H3,(H2,17,18,20)/t10-/m1/s1. The van der Waals surface area contributed by atoms with Gasteiger partial charge in [-0.2, -0.15) is 0 Å². The normalized spacial score (nSPS) is 11.7. The van der Waals surface area contributed by atoms with Crippen LogP contribution in [0.2, 0.25) is 0 Å². The second-order valence-corrected chi connectivity index (χ2v) is 6.08. The van der Waals surface area contributed by atoms with E-state index in [9.17, 15) is 4.79 Å². The number of rotatable bonds is 6. The summed E-state index contributed by atoms with van der Waals surface area (Å²) in [7, 11) is 3.20. The number of ether oxygens (including phenoxy) is 2. The maximum Gasteiger partial charge on any atom is 0.315 e. The first-order chi connectivity index (χ1) is 11.0. The highest BCUT2D eigenvalue weighted by atomic mass is 32.1. The molecule has 1 atom stereocenters. The highest BCUT2D eigenvalue weighted by Gasteiger charge is 2.15. The van der Waals surface area contributed by atoms with Crippen LogP contribution in [0.3, 0.4) is 0 Å². The molecule has 0 aliphatic carbocycles. The summed E-state index contributed by atoms with van der Waals surface area (Å²) in [6, 6.07) is 5.01. The molecule has 6 nitrogen and oxygen atoms in total. The molecule has 0 aliphatic heterocycles. The van der Waals surface area contributed by atoms with E-state index < -0.39 is 0 Å². The minimum atomic E-state index is -0.256. The molecule has 1 aromatic carbocycles. The average Bonchev–Trinajstić information content (AvgIpc) is 2.97. The average molecular weight is 335 g/mol. The Hall–Kier alpha value is -2.28. The van der Waals surface area contributed by atoms with E-state index in [1.54, 1.807) is 25.6 Å². The highest BCUT2D eigenvalue weighted by molar-refractivity contribution is 7.09. The molecule has 23 heavy (non-hydrogen) atoms. The fourth-order valence-corrected chi connectivity index (χ4v) is 2.78. The number of aryl methyl sites for hydroxylation is 1. The summed E-state index contributed by atoms with van der Waals surface area (Å²) >= 11 is 1.56. The third-order valence-corrected chi connectivity index (χ3v) is 4.17. The first-order valence-electron chi connectivity index (χ1n) is 7.20. The van der Waals surface area contributed by atoms with Gasteiger partial charge in [0.1, 0.15) is 11.5 Å². The van der Waals surface area contributed by atoms with E-state index in [0.717, 1.165) is 16.3 Å². The Labute approximate surface area is 139 Å². The van der Waals surface area contributed by atoms with Crippen LogP contribution >= 0.6 is 11.3 Å². The summed E-state index contributed by atoms with van der Waals surface area (Å²) < 4.78 is 10.6. The van der Waals surface area contributed by atoms with Crippen LogP contribution in [0.25, 0.3) is 0 Å². The molecule has 2 amide bonds. The molecule has 124 valence electrons. The zero-order valence-corrected chi connectivity index (χ0v) is 14.5. The lowest BCUT2D eigenvalue weighted by Gasteiger charge is -2.18. The second kappa shape index (κ2) is 7.82. The Morgan fingerprint density at radius 3 is 2.74 bits per heavy atom. The van der Waals surface area contributed by atoms with Crippen molar-refractivity contribution in [2.24, 2.45) is 0 Å². The predicted molar refractivity (Wildman–Crippen MR) is 90.2 cm³/mol. The van der Waals surface area contributed by atoms with Crippen LogP contribution in [0.1, 0.15) is 29.2 Å². The number of hydrogen-bond acceptors (Lipinski definition) is 5. The molecule has 0 saturated heterocycles. The van der Waals surface area contributed by atoms with Gasteiger partial charge in [0.05, 0.1) is 37.5 Å². The summed E-state index contributed by atoms with van der Waals surface area (Å²) in [5.74, 6) is 1.42. The Balaban J connectivity index is 1.97. The van der Waals surface area contributed by atoms with Crippen molar-refractivity contribution < 1.29 is 14.3 Å². The van der Waals surface area contributed by atoms with Crippen LogP contribution in [-0.4, -0.2) is 25.2 Å². The maximum atomic E-state index is 12.0. The van der Waals surface area contributed by atoms with Crippen molar-refractivity contribution in [2.45, 2.75) is 26.4 Å². The van der Waals surface area contributed by atoms with Crippen LogP contribution in [0.15, 0.2) is 23.6 Å². The fraction of sp³-hybridized carbons (Fsp3) is 0.375. The number of amides is 2. The maximum absolute atomic E-state index is 12.0. The van der Waals surface area contributed by atoms with E-state index in [0.29, 0.717) is 18.0 Å². The van der Waals surface area contributed by atoms with E-state index in [2.05, 4.69) is 15.6 Å². The van der Waals surface area contributed by atoms with Crippen molar-refractivity contribution in [2.75, 3.05) is 14.2 Å². The Morgan fingerprint density at radius 2 is 2.13 bits per heavy atom. The zero-order valence-electron chi connectivity index (χ0n) is 13.7. The van der Waals surface area contributed by atoms with E-state index >= 15 is 0 Å². The number of urea groups is 1. The first-order valence-corrected chi connectivity index (χ1v) is 8.08. The monoisotopic (exact) mass is 335 g/mol. The van der Waals surface area contributed by atoms with Gasteiger partial charge in [-0.05, 0) is 32.0 Å². The molecule has 7 heteroatoms. The number of carbonyl (C=O) groups excluding carboxylic acids is 1. The van der Waals surface area contributed by atoms with E-state index in [-0.39, 0.29) is 12.1 Å². The number of benzene rings is 1. The zero-order chi connectivity index (χ0) is 16.8. The summed E-state index contributed by atoms with van der Waals surface area (Å²) in [4.78, 5) is 16.4. The van der Waals surface area contributed by atoms with Crippen molar-refractivity contribution in [1.82, 2.24) is 15.6 Å². The Morgan fingerprint density at radius 1 is 1.35 bits per heavy atom. The van der Waals surface area contributed by atoms with Gasteiger partial charge in [-0.25, -0.2) is 9.78 Å². The second-order valence-electron chi connectivity index (χ2n) is 5.01. The first kappa shape index (κ1) is 17.1. The van der Waals surface area contributed by atoms with Gasteiger partial charge in [0.2, 0.25) is 0 Å². The van der Waals surface area contributed by atoms with Crippen LogP contribution in [0.4, 0.5) is 4.79 Å². The lowest BCUT2D eigenvalue weighted by atomic mass is 10.1. The van der Waals surface area contributed by atoms with Crippen LogP contribution in [0.5, 0.6) is 11.5 Å². The molecule has 1 aromatic heterocycles. The topological polar surface area (TPSA) is 72.5 Å². The lowest BCUT2D eigenvalue weighted by Crippen LogP contribution is -2.36. The molecule has 1 heterocycles. The number of nitrogens with one attached hydrogen (secondary N) is 2. The molecule has 0 bridgehead atoms. The molecule has 0 saturated carbocycles. The summed E-state index contributed by atoms with van der Waals surface area (Å²) in [5.41, 5.74) is 1.71. The van der Waals surface area contributed by atoms with Crippen LogP contribution < -0.4 is 20.1 Å². The minimum absolute atomic E-state index is 0.225. The summed E-state index contributed by atoms with van der Waals surface area (Å²) in [6.07, 6.45) is 0. The fourth-order valence-electron chi connectivity index (χ4n) is 2.16. The van der Waals surface area contributed by atoms with Gasteiger partial charge in [0.25, 0.3) is 0 Å². The van der Waals surface area contributed by atoms with Crippen molar-refractivity contribution >= 4 is 17.4 Å². The van der Waals surface area contributed by atoms with Gasteiger partial charge in [-0.3, -0.25) is 0 Å². The number of methoxy groups -OCH3 is 2. The summed E-state index contributed by atoms with van der Waals surface area (Å²) in [5, 5.41) is 8.61. The molecule has 0 fully saturated rings.